The molecule has 1 atom stereocenters. The van der Waals surface area contributed by atoms with Gasteiger partial charge in [0.15, 0.2) is 0 Å². The van der Waals surface area contributed by atoms with Crippen LogP contribution in [0.25, 0.3) is 0 Å². The van der Waals surface area contributed by atoms with Crippen LogP contribution in [0.15, 0.2) is 18.2 Å². The average Bonchev–Trinajstić information content (AvgIpc) is 2.12. The van der Waals surface area contributed by atoms with E-state index < -0.39 is 6.10 Å². The molecule has 2 nitrogen and oxygen atoms in total. The van der Waals surface area contributed by atoms with Gasteiger partial charge in [0, 0.05) is 5.33 Å². The molecule has 0 aliphatic rings. The zero-order valence-electron chi connectivity index (χ0n) is 8.46. The van der Waals surface area contributed by atoms with Crippen LogP contribution in [0.1, 0.15) is 11.1 Å². The van der Waals surface area contributed by atoms with Gasteiger partial charge in [-0.3, -0.25) is 0 Å². The van der Waals surface area contributed by atoms with Crippen LogP contribution in [0.3, 0.4) is 0 Å². The number of aliphatic hydroxyl groups excluding tert-OH is 1. The van der Waals surface area contributed by atoms with Crippen molar-refractivity contribution in [3.63, 3.8) is 0 Å². The van der Waals surface area contributed by atoms with E-state index in [2.05, 4.69) is 22.0 Å². The first kappa shape index (κ1) is 11.5. The summed E-state index contributed by atoms with van der Waals surface area (Å²) in [7, 11) is 0. The number of alkyl halides is 1. The molecule has 0 spiro atoms. The van der Waals surface area contributed by atoms with E-state index in [9.17, 15) is 5.11 Å². The Bertz CT molecular complexity index is 279. The summed E-state index contributed by atoms with van der Waals surface area (Å²) in [5, 5.41) is 9.83. The Kier molecular flexibility index (Phi) is 4.42. The predicted octanol–water partition coefficient (Wildman–Crippen LogP) is 2.44. The van der Waals surface area contributed by atoms with Crippen molar-refractivity contribution < 1.29 is 9.84 Å². The fraction of sp³-hybridized carbons (Fsp3) is 0.455. The lowest BCUT2D eigenvalue weighted by atomic mass is 10.1. The van der Waals surface area contributed by atoms with Gasteiger partial charge in [0.25, 0.3) is 0 Å². The molecule has 1 unspecified atom stereocenters. The first-order valence-corrected chi connectivity index (χ1v) is 5.69. The highest BCUT2D eigenvalue weighted by Gasteiger charge is 2.03. The summed E-state index contributed by atoms with van der Waals surface area (Å²) in [6.07, 6.45) is -0.448. The molecule has 0 radical (unpaired) electrons. The van der Waals surface area contributed by atoms with Crippen molar-refractivity contribution in [2.45, 2.75) is 20.0 Å². The Hall–Kier alpha value is -0.540. The Morgan fingerprint density at radius 2 is 1.86 bits per heavy atom. The van der Waals surface area contributed by atoms with E-state index in [1.807, 2.05) is 26.0 Å². The van der Waals surface area contributed by atoms with Crippen LogP contribution in [0.2, 0.25) is 0 Å². The van der Waals surface area contributed by atoms with E-state index in [0.29, 0.717) is 11.9 Å². The Morgan fingerprint density at radius 3 is 2.36 bits per heavy atom. The van der Waals surface area contributed by atoms with Crippen LogP contribution in [0, 0.1) is 13.8 Å². The number of aryl methyl sites for hydroxylation is 2. The van der Waals surface area contributed by atoms with Crippen LogP contribution in [0.5, 0.6) is 5.75 Å². The topological polar surface area (TPSA) is 29.5 Å². The van der Waals surface area contributed by atoms with Gasteiger partial charge in [0.05, 0.1) is 6.10 Å². The molecular weight excluding hydrogens is 244 g/mol. The number of hydrogen-bond acceptors (Lipinski definition) is 2. The molecule has 1 aromatic rings. The van der Waals surface area contributed by atoms with Crippen molar-refractivity contribution >= 4 is 15.9 Å². The Labute approximate surface area is 93.0 Å². The molecule has 0 aliphatic carbocycles. The first-order chi connectivity index (χ1) is 6.61. The molecule has 0 saturated carbocycles. The van der Waals surface area contributed by atoms with Gasteiger partial charge in [-0.05, 0) is 37.1 Å². The van der Waals surface area contributed by atoms with E-state index in [-0.39, 0.29) is 0 Å². The zero-order valence-corrected chi connectivity index (χ0v) is 10.0. The lowest BCUT2D eigenvalue weighted by Crippen LogP contribution is -2.18. The fourth-order valence-electron chi connectivity index (χ4n) is 1.25. The molecule has 1 N–H and O–H groups in total. The highest BCUT2D eigenvalue weighted by atomic mass is 79.9. The number of halogens is 1. The number of hydrogen-bond donors (Lipinski definition) is 1. The van der Waals surface area contributed by atoms with E-state index in [1.165, 1.54) is 11.1 Å². The van der Waals surface area contributed by atoms with Gasteiger partial charge in [-0.15, -0.1) is 0 Å². The van der Waals surface area contributed by atoms with Gasteiger partial charge in [-0.2, -0.15) is 0 Å². The summed E-state index contributed by atoms with van der Waals surface area (Å²) < 4.78 is 5.44. The monoisotopic (exact) mass is 258 g/mol. The van der Waals surface area contributed by atoms with Crippen molar-refractivity contribution in [3.8, 4) is 5.75 Å². The zero-order chi connectivity index (χ0) is 10.6. The largest absolute Gasteiger partial charge is 0.491 e. The second-order valence-electron chi connectivity index (χ2n) is 3.44. The number of ether oxygens (including phenoxy) is 1. The van der Waals surface area contributed by atoms with Crippen molar-refractivity contribution in [2.24, 2.45) is 0 Å². The molecule has 78 valence electrons. The highest BCUT2D eigenvalue weighted by Crippen LogP contribution is 2.16. The number of aliphatic hydroxyl groups is 1. The molecule has 0 amide bonds. The van der Waals surface area contributed by atoms with E-state index >= 15 is 0 Å². The molecule has 0 fully saturated rings. The van der Waals surface area contributed by atoms with Gasteiger partial charge in [0.1, 0.15) is 12.4 Å². The van der Waals surface area contributed by atoms with Gasteiger partial charge >= 0.3 is 0 Å². The van der Waals surface area contributed by atoms with Gasteiger partial charge < -0.3 is 9.84 Å². The smallest absolute Gasteiger partial charge is 0.119 e. The van der Waals surface area contributed by atoms with E-state index in [4.69, 9.17) is 4.74 Å². The summed E-state index contributed by atoms with van der Waals surface area (Å²) in [5.41, 5.74) is 2.35. The minimum absolute atomic E-state index is 0.328. The van der Waals surface area contributed by atoms with Crippen molar-refractivity contribution in [2.75, 3.05) is 11.9 Å². The lowest BCUT2D eigenvalue weighted by molar-refractivity contribution is 0.127. The van der Waals surface area contributed by atoms with Crippen LogP contribution in [-0.2, 0) is 0 Å². The second kappa shape index (κ2) is 5.37. The van der Waals surface area contributed by atoms with Crippen LogP contribution < -0.4 is 4.74 Å². The van der Waals surface area contributed by atoms with E-state index in [0.717, 1.165) is 5.75 Å². The van der Waals surface area contributed by atoms with Crippen molar-refractivity contribution in [1.82, 2.24) is 0 Å². The summed E-state index contributed by atoms with van der Waals surface area (Å²) in [4.78, 5) is 0. The fourth-order valence-corrected chi connectivity index (χ4v) is 1.44. The summed E-state index contributed by atoms with van der Waals surface area (Å²) >= 11 is 3.19. The molecule has 0 bridgehead atoms. The minimum Gasteiger partial charge on any atom is -0.491 e. The van der Waals surface area contributed by atoms with Crippen molar-refractivity contribution in [3.05, 3.63) is 29.3 Å². The third-order valence-electron chi connectivity index (χ3n) is 1.82. The second-order valence-corrected chi connectivity index (χ2v) is 4.09. The third kappa shape index (κ3) is 3.68. The van der Waals surface area contributed by atoms with E-state index in [1.54, 1.807) is 0 Å². The molecule has 0 saturated heterocycles. The first-order valence-electron chi connectivity index (χ1n) is 4.57. The standard InChI is InChI=1S/C11H15BrO2/c1-8-3-9(2)5-11(4-8)14-7-10(13)6-12/h3-5,10,13H,6-7H2,1-2H3. The summed E-state index contributed by atoms with van der Waals surface area (Å²) in [6, 6.07) is 6.02. The van der Waals surface area contributed by atoms with Crippen molar-refractivity contribution in [1.29, 1.82) is 0 Å². The Morgan fingerprint density at radius 1 is 1.29 bits per heavy atom. The maximum atomic E-state index is 9.29. The Balaban J connectivity index is 2.58. The number of benzene rings is 1. The van der Waals surface area contributed by atoms with Gasteiger partial charge in [-0.25, -0.2) is 0 Å². The molecule has 0 aromatic heterocycles. The van der Waals surface area contributed by atoms with Gasteiger partial charge in [-0.1, -0.05) is 22.0 Å². The van der Waals surface area contributed by atoms with Gasteiger partial charge in [0.2, 0.25) is 0 Å². The lowest BCUT2D eigenvalue weighted by Gasteiger charge is -2.10. The predicted molar refractivity (Wildman–Crippen MR) is 61.2 cm³/mol. The highest BCUT2D eigenvalue weighted by molar-refractivity contribution is 9.09. The third-order valence-corrected chi connectivity index (χ3v) is 2.56. The molecule has 14 heavy (non-hydrogen) atoms. The summed E-state index contributed by atoms with van der Waals surface area (Å²) in [5.74, 6) is 0.822. The minimum atomic E-state index is -0.448. The molecular formula is C11H15BrO2. The van der Waals surface area contributed by atoms with Crippen LogP contribution >= 0.6 is 15.9 Å². The molecule has 0 heterocycles. The SMILES string of the molecule is Cc1cc(C)cc(OCC(O)CBr)c1. The average molecular weight is 259 g/mol. The molecule has 0 aliphatic heterocycles. The molecule has 3 heteroatoms. The molecule has 1 rings (SSSR count). The summed E-state index contributed by atoms with van der Waals surface area (Å²) in [6.45, 7) is 4.38. The normalized spacial score (nSPS) is 12.6. The molecule has 1 aromatic carbocycles. The quantitative estimate of drug-likeness (QED) is 0.841. The number of rotatable bonds is 4. The van der Waals surface area contributed by atoms with Crippen LogP contribution in [-0.4, -0.2) is 23.1 Å². The van der Waals surface area contributed by atoms with Crippen LogP contribution in [0.4, 0.5) is 0 Å². The maximum absolute atomic E-state index is 9.29. The maximum Gasteiger partial charge on any atom is 0.119 e.